The first-order chi connectivity index (χ1) is 14.4. The van der Waals surface area contributed by atoms with E-state index in [1.54, 1.807) is 12.1 Å². The molecule has 0 atom stereocenters. The van der Waals surface area contributed by atoms with Gasteiger partial charge in [-0.1, -0.05) is 11.6 Å². The van der Waals surface area contributed by atoms with Gasteiger partial charge in [0.15, 0.2) is 0 Å². The molecule has 0 saturated carbocycles. The highest BCUT2D eigenvalue weighted by Gasteiger charge is 2.27. The molecular weight excluding hydrogens is 424 g/mol. The fourth-order valence-corrected chi connectivity index (χ4v) is 4.73. The minimum Gasteiger partial charge on any atom is -0.459 e. The van der Waals surface area contributed by atoms with Crippen LogP contribution in [0.2, 0.25) is 5.02 Å². The molecule has 3 aromatic rings. The highest BCUT2D eigenvalue weighted by Crippen LogP contribution is 2.24. The highest BCUT2D eigenvalue weighted by atomic mass is 35.5. The first-order valence-corrected chi connectivity index (χ1v) is 11.5. The summed E-state index contributed by atoms with van der Waals surface area (Å²) in [7, 11) is -1.52. The van der Waals surface area contributed by atoms with Crippen molar-refractivity contribution in [2.24, 2.45) is 0 Å². The number of furan rings is 1. The van der Waals surface area contributed by atoms with Gasteiger partial charge in [-0.05, 0) is 55.6 Å². The van der Waals surface area contributed by atoms with Gasteiger partial charge in [0.05, 0.1) is 6.54 Å². The molecule has 0 amide bonds. The van der Waals surface area contributed by atoms with Gasteiger partial charge in [-0.2, -0.15) is 4.31 Å². The van der Waals surface area contributed by atoms with Crippen molar-refractivity contribution < 1.29 is 12.8 Å². The van der Waals surface area contributed by atoms with Crippen molar-refractivity contribution in [3.63, 3.8) is 0 Å². The van der Waals surface area contributed by atoms with Crippen molar-refractivity contribution in [3.8, 4) is 11.3 Å². The first kappa shape index (κ1) is 20.9. The van der Waals surface area contributed by atoms with Gasteiger partial charge in [0.2, 0.25) is 10.0 Å². The molecule has 7 nitrogen and oxygen atoms in total. The summed E-state index contributed by atoms with van der Waals surface area (Å²) in [5, 5.41) is 3.83. The number of likely N-dealkylation sites (N-methyl/N-ethyl adjacent to an activating group) is 1. The van der Waals surface area contributed by atoms with E-state index in [2.05, 4.69) is 15.2 Å². The number of pyridine rings is 1. The first-order valence-electron chi connectivity index (χ1n) is 9.65. The van der Waals surface area contributed by atoms with Gasteiger partial charge in [0, 0.05) is 43.0 Å². The zero-order valence-electron chi connectivity index (χ0n) is 16.6. The Morgan fingerprint density at radius 3 is 2.43 bits per heavy atom. The lowest BCUT2D eigenvalue weighted by atomic mass is 10.2. The maximum Gasteiger partial charge on any atom is 0.244 e. The molecule has 0 radical (unpaired) electrons. The summed E-state index contributed by atoms with van der Waals surface area (Å²) >= 11 is 5.92. The number of rotatable bonds is 6. The van der Waals surface area contributed by atoms with Crippen LogP contribution in [0.25, 0.3) is 11.3 Å². The van der Waals surface area contributed by atoms with E-state index in [0.29, 0.717) is 30.5 Å². The number of nitrogens with zero attached hydrogens (tertiary/aromatic N) is 3. The normalized spacial score (nSPS) is 15.9. The zero-order chi connectivity index (χ0) is 21.1. The minimum absolute atomic E-state index is 0.209. The lowest BCUT2D eigenvalue weighted by molar-refractivity contribution is 0.222. The fraction of sp³-hybridized carbons (Fsp3) is 0.286. The molecule has 9 heteroatoms. The monoisotopic (exact) mass is 446 g/mol. The van der Waals surface area contributed by atoms with E-state index in [4.69, 9.17) is 16.0 Å². The molecule has 3 heterocycles. The second-order valence-electron chi connectivity index (χ2n) is 7.21. The predicted molar refractivity (Wildman–Crippen MR) is 117 cm³/mol. The van der Waals surface area contributed by atoms with E-state index in [-0.39, 0.29) is 4.90 Å². The molecule has 30 heavy (non-hydrogen) atoms. The molecule has 1 fully saturated rings. The van der Waals surface area contributed by atoms with E-state index in [9.17, 15) is 8.42 Å². The minimum atomic E-state index is -3.51. The summed E-state index contributed by atoms with van der Waals surface area (Å²) in [5.41, 5.74) is 0.947. The molecule has 0 unspecified atom stereocenters. The van der Waals surface area contributed by atoms with Crippen molar-refractivity contribution in [1.29, 1.82) is 0 Å². The summed E-state index contributed by atoms with van der Waals surface area (Å²) in [6.45, 7) is 2.88. The molecule has 0 bridgehead atoms. The number of hydrogen-bond donors (Lipinski definition) is 1. The maximum absolute atomic E-state index is 12.8. The number of piperazine rings is 1. The third kappa shape index (κ3) is 4.67. The zero-order valence-corrected chi connectivity index (χ0v) is 18.2. The number of nitrogens with one attached hydrogen (secondary N) is 1. The van der Waals surface area contributed by atoms with E-state index in [0.717, 1.165) is 30.2 Å². The van der Waals surface area contributed by atoms with Crippen LogP contribution in [0.5, 0.6) is 0 Å². The van der Waals surface area contributed by atoms with Gasteiger partial charge >= 0.3 is 0 Å². The fourth-order valence-electron chi connectivity index (χ4n) is 3.23. The van der Waals surface area contributed by atoms with Crippen LogP contribution in [0, 0.1) is 0 Å². The van der Waals surface area contributed by atoms with Crippen molar-refractivity contribution in [1.82, 2.24) is 14.2 Å². The molecule has 1 aromatic carbocycles. The number of sulfonamides is 1. The van der Waals surface area contributed by atoms with Crippen LogP contribution in [0.15, 0.2) is 64.0 Å². The van der Waals surface area contributed by atoms with Gasteiger partial charge in [-0.25, -0.2) is 13.4 Å². The lowest BCUT2D eigenvalue weighted by Crippen LogP contribution is -2.47. The summed E-state index contributed by atoms with van der Waals surface area (Å²) in [4.78, 5) is 6.59. The Bertz CT molecular complexity index is 1090. The van der Waals surface area contributed by atoms with Gasteiger partial charge in [-0.15, -0.1) is 0 Å². The Morgan fingerprint density at radius 2 is 1.77 bits per heavy atom. The van der Waals surface area contributed by atoms with Gasteiger partial charge < -0.3 is 14.6 Å². The topological polar surface area (TPSA) is 78.7 Å². The quantitative estimate of drug-likeness (QED) is 0.624. The number of halogens is 1. The SMILES string of the molecule is CN1CCN(S(=O)(=O)c2ccc(NCc3ccc(-c4ccc(Cl)cc4)o3)nc2)CC1. The smallest absolute Gasteiger partial charge is 0.244 e. The Balaban J connectivity index is 1.38. The van der Waals surface area contributed by atoms with Gasteiger partial charge in [-0.3, -0.25) is 0 Å². The maximum atomic E-state index is 12.8. The second-order valence-corrected chi connectivity index (χ2v) is 9.59. The van der Waals surface area contributed by atoms with E-state index in [1.807, 2.05) is 43.4 Å². The van der Waals surface area contributed by atoms with Crippen LogP contribution in [0.1, 0.15) is 5.76 Å². The molecule has 1 N–H and O–H groups in total. The number of anilines is 1. The molecule has 2 aromatic heterocycles. The third-order valence-electron chi connectivity index (χ3n) is 5.07. The Kier molecular flexibility index (Phi) is 6.10. The Labute approximate surface area is 181 Å². The van der Waals surface area contributed by atoms with Crippen LogP contribution < -0.4 is 5.32 Å². The van der Waals surface area contributed by atoms with E-state index < -0.39 is 10.0 Å². The molecule has 0 spiro atoms. The lowest BCUT2D eigenvalue weighted by Gasteiger charge is -2.31. The van der Waals surface area contributed by atoms with Gasteiger partial charge in [0.25, 0.3) is 0 Å². The number of hydrogen-bond acceptors (Lipinski definition) is 6. The molecule has 4 rings (SSSR count). The Morgan fingerprint density at radius 1 is 1.03 bits per heavy atom. The number of aromatic nitrogens is 1. The molecular formula is C21H23ClN4O3S. The summed E-state index contributed by atoms with van der Waals surface area (Å²) in [6, 6.07) is 14.5. The highest BCUT2D eigenvalue weighted by molar-refractivity contribution is 7.89. The molecule has 0 aliphatic carbocycles. The van der Waals surface area contributed by atoms with Crippen LogP contribution in [-0.4, -0.2) is 55.8 Å². The summed E-state index contributed by atoms with van der Waals surface area (Å²) in [5.74, 6) is 2.08. The van der Waals surface area contributed by atoms with Crippen molar-refractivity contribution in [3.05, 3.63) is 65.5 Å². The van der Waals surface area contributed by atoms with E-state index in [1.165, 1.54) is 10.5 Å². The van der Waals surface area contributed by atoms with Crippen LogP contribution in [0.3, 0.4) is 0 Å². The molecule has 1 aliphatic heterocycles. The molecule has 1 aliphatic rings. The van der Waals surface area contributed by atoms with E-state index >= 15 is 0 Å². The predicted octanol–water partition coefficient (Wildman–Crippen LogP) is 3.54. The third-order valence-corrected chi connectivity index (χ3v) is 7.20. The van der Waals surface area contributed by atoms with Crippen molar-refractivity contribution in [2.45, 2.75) is 11.4 Å². The average molecular weight is 447 g/mol. The van der Waals surface area contributed by atoms with Crippen LogP contribution in [-0.2, 0) is 16.6 Å². The van der Waals surface area contributed by atoms with Crippen LogP contribution in [0.4, 0.5) is 5.82 Å². The molecule has 1 saturated heterocycles. The Hall–Kier alpha value is -2.39. The second kappa shape index (κ2) is 8.77. The standard InChI is InChI=1S/C21H23ClN4O3S/c1-25-10-12-26(13-11-25)30(27,28)19-7-9-21(24-15-19)23-14-18-6-8-20(29-18)16-2-4-17(22)5-3-16/h2-9,15H,10-14H2,1H3,(H,23,24). The number of benzene rings is 1. The summed E-state index contributed by atoms with van der Waals surface area (Å²) < 4.78 is 32.9. The largest absolute Gasteiger partial charge is 0.459 e. The summed E-state index contributed by atoms with van der Waals surface area (Å²) in [6.07, 6.45) is 1.40. The van der Waals surface area contributed by atoms with Crippen molar-refractivity contribution >= 4 is 27.4 Å². The molecule has 158 valence electrons. The van der Waals surface area contributed by atoms with Crippen LogP contribution >= 0.6 is 11.6 Å². The average Bonchev–Trinajstić information content (AvgIpc) is 3.22. The van der Waals surface area contributed by atoms with Crippen molar-refractivity contribution in [2.75, 3.05) is 38.5 Å². The van der Waals surface area contributed by atoms with Gasteiger partial charge in [0.1, 0.15) is 22.2 Å².